The van der Waals surface area contributed by atoms with Crippen molar-refractivity contribution in [2.75, 3.05) is 0 Å². The van der Waals surface area contributed by atoms with E-state index in [1.54, 1.807) is 24.3 Å². The largest absolute Gasteiger partial charge is 0.427 e. The van der Waals surface area contributed by atoms with Gasteiger partial charge in [0, 0.05) is 18.3 Å². The maximum absolute atomic E-state index is 11.7. The zero-order valence-electron chi connectivity index (χ0n) is 17.7. The second kappa shape index (κ2) is 11.3. The molecule has 0 amide bonds. The number of benzene rings is 1. The van der Waals surface area contributed by atoms with Crippen LogP contribution in [0.4, 0.5) is 0 Å². The van der Waals surface area contributed by atoms with Gasteiger partial charge < -0.3 is 9.47 Å². The summed E-state index contributed by atoms with van der Waals surface area (Å²) in [6.07, 6.45) is 7.70. The van der Waals surface area contributed by atoms with Gasteiger partial charge in [-0.05, 0) is 55.2 Å². The molecule has 0 aliphatic heterocycles. The Morgan fingerprint density at radius 1 is 1.00 bits per heavy atom. The van der Waals surface area contributed by atoms with Gasteiger partial charge in [-0.3, -0.25) is 9.59 Å². The number of hydrogen-bond acceptors (Lipinski definition) is 4. The highest BCUT2D eigenvalue weighted by molar-refractivity contribution is 5.72. The molecule has 0 aromatic heterocycles. The van der Waals surface area contributed by atoms with Gasteiger partial charge in [-0.25, -0.2) is 0 Å². The average Bonchev–Trinajstić information content (AvgIpc) is 2.65. The smallest absolute Gasteiger partial charge is 0.311 e. The van der Waals surface area contributed by atoms with Crippen molar-refractivity contribution in [3.8, 4) is 5.75 Å². The van der Waals surface area contributed by atoms with E-state index in [0.717, 1.165) is 24.0 Å². The lowest BCUT2D eigenvalue weighted by Crippen LogP contribution is -2.18. The van der Waals surface area contributed by atoms with E-state index in [2.05, 4.69) is 20.4 Å². The van der Waals surface area contributed by atoms with Crippen LogP contribution >= 0.6 is 0 Å². The predicted molar refractivity (Wildman–Crippen MR) is 113 cm³/mol. The van der Waals surface area contributed by atoms with Crippen LogP contribution < -0.4 is 4.74 Å². The van der Waals surface area contributed by atoms with E-state index < -0.39 is 0 Å². The maximum Gasteiger partial charge on any atom is 0.311 e. The fourth-order valence-electron chi connectivity index (χ4n) is 2.48. The van der Waals surface area contributed by atoms with Gasteiger partial charge in [-0.15, -0.1) is 0 Å². The zero-order valence-corrected chi connectivity index (χ0v) is 17.7. The lowest BCUT2D eigenvalue weighted by Gasteiger charge is -2.26. The van der Waals surface area contributed by atoms with Gasteiger partial charge in [0.2, 0.25) is 0 Å². The van der Waals surface area contributed by atoms with Crippen LogP contribution in [-0.2, 0) is 19.7 Å². The molecule has 1 aromatic rings. The summed E-state index contributed by atoms with van der Waals surface area (Å²) < 4.78 is 10.6. The molecule has 4 heteroatoms. The Hall–Kier alpha value is -2.62. The van der Waals surface area contributed by atoms with Crippen molar-refractivity contribution in [3.05, 3.63) is 66.0 Å². The highest BCUT2D eigenvalue weighted by Gasteiger charge is 2.23. The van der Waals surface area contributed by atoms with Crippen LogP contribution in [0.25, 0.3) is 0 Å². The van der Waals surface area contributed by atoms with Gasteiger partial charge in [-0.1, -0.05) is 52.5 Å². The van der Waals surface area contributed by atoms with Crippen molar-refractivity contribution in [1.82, 2.24) is 0 Å². The van der Waals surface area contributed by atoms with Crippen LogP contribution in [0, 0.1) is 0 Å². The third kappa shape index (κ3) is 7.18. The Kier molecular flexibility index (Phi) is 9.43. The Morgan fingerprint density at radius 2 is 1.57 bits per heavy atom. The number of hydrogen-bond donors (Lipinski definition) is 0. The van der Waals surface area contributed by atoms with Crippen LogP contribution in [0.15, 0.2) is 60.4 Å². The van der Waals surface area contributed by atoms with E-state index in [9.17, 15) is 9.59 Å². The van der Waals surface area contributed by atoms with Gasteiger partial charge in [0.25, 0.3) is 0 Å². The Bertz CT molecular complexity index is 736. The summed E-state index contributed by atoms with van der Waals surface area (Å²) in [5.74, 6) is 0.587. The second-order valence-corrected chi connectivity index (χ2v) is 7.15. The molecule has 1 aromatic carbocycles. The van der Waals surface area contributed by atoms with E-state index in [0.29, 0.717) is 24.4 Å². The molecule has 1 rings (SSSR count). The molecule has 0 unspecified atom stereocenters. The normalized spacial score (nSPS) is 12.1. The summed E-state index contributed by atoms with van der Waals surface area (Å²) in [5.41, 5.74) is 1.57. The van der Waals surface area contributed by atoms with E-state index in [1.807, 2.05) is 39.0 Å². The Morgan fingerprint density at radius 3 is 2.11 bits per heavy atom. The second-order valence-electron chi connectivity index (χ2n) is 7.15. The summed E-state index contributed by atoms with van der Waals surface area (Å²) in [6.45, 7) is 14.0. The molecule has 0 heterocycles. The molecule has 0 saturated carbocycles. The first kappa shape index (κ1) is 23.4. The van der Waals surface area contributed by atoms with E-state index in [4.69, 9.17) is 9.47 Å². The monoisotopic (exact) mass is 384 g/mol. The molecule has 28 heavy (non-hydrogen) atoms. The van der Waals surface area contributed by atoms with E-state index in [1.165, 1.54) is 0 Å². The Balaban J connectivity index is 2.83. The molecular formula is C24H32O4. The minimum atomic E-state index is -0.339. The van der Waals surface area contributed by atoms with Crippen LogP contribution in [0.5, 0.6) is 5.75 Å². The Labute approximate surface area is 168 Å². The number of ether oxygens (including phenoxy) is 2. The quantitative estimate of drug-likeness (QED) is 0.214. The van der Waals surface area contributed by atoms with Crippen molar-refractivity contribution in [3.63, 3.8) is 0 Å². The van der Waals surface area contributed by atoms with Crippen LogP contribution in [0.3, 0.4) is 0 Å². The van der Waals surface area contributed by atoms with Crippen molar-refractivity contribution in [1.29, 1.82) is 0 Å². The summed E-state index contributed by atoms with van der Waals surface area (Å²) in [4.78, 5) is 23.3. The topological polar surface area (TPSA) is 52.6 Å². The molecule has 0 spiro atoms. The van der Waals surface area contributed by atoms with Gasteiger partial charge in [-0.2, -0.15) is 0 Å². The van der Waals surface area contributed by atoms with Crippen molar-refractivity contribution in [2.45, 2.75) is 65.7 Å². The molecule has 152 valence electrons. The first-order valence-electron chi connectivity index (χ1n) is 9.80. The van der Waals surface area contributed by atoms with Gasteiger partial charge in [0.1, 0.15) is 11.5 Å². The third-order valence-corrected chi connectivity index (χ3v) is 4.48. The molecule has 0 saturated heterocycles. The highest BCUT2D eigenvalue weighted by Crippen LogP contribution is 2.32. The van der Waals surface area contributed by atoms with Gasteiger partial charge >= 0.3 is 11.9 Å². The molecule has 0 fully saturated rings. The first-order valence-corrected chi connectivity index (χ1v) is 9.80. The van der Waals surface area contributed by atoms with E-state index >= 15 is 0 Å². The summed E-state index contributed by atoms with van der Waals surface area (Å²) >= 11 is 0. The fraction of sp³-hybridized carbons (Fsp3) is 0.417. The SMILES string of the molecule is C=C(/C=C\C(=C/C)OC(=O)CCC)C(C)(C)c1ccc(OC(=O)CCC)cc1. The van der Waals surface area contributed by atoms with Crippen molar-refractivity contribution >= 4 is 11.9 Å². The molecular weight excluding hydrogens is 352 g/mol. The van der Waals surface area contributed by atoms with Crippen LogP contribution in [0.1, 0.15) is 65.9 Å². The zero-order chi connectivity index (χ0) is 21.2. The minimum Gasteiger partial charge on any atom is -0.427 e. The molecule has 0 radical (unpaired) electrons. The van der Waals surface area contributed by atoms with Crippen molar-refractivity contribution in [2.24, 2.45) is 0 Å². The van der Waals surface area contributed by atoms with Gasteiger partial charge in [0.15, 0.2) is 0 Å². The summed E-state index contributed by atoms with van der Waals surface area (Å²) in [5, 5.41) is 0. The van der Waals surface area contributed by atoms with E-state index in [-0.39, 0.29) is 17.4 Å². The number of allylic oxidation sites excluding steroid dienone is 4. The lowest BCUT2D eigenvalue weighted by atomic mass is 9.78. The molecule has 0 aliphatic carbocycles. The fourth-order valence-corrected chi connectivity index (χ4v) is 2.48. The van der Waals surface area contributed by atoms with Crippen LogP contribution in [-0.4, -0.2) is 11.9 Å². The molecule has 4 nitrogen and oxygen atoms in total. The van der Waals surface area contributed by atoms with Gasteiger partial charge in [0.05, 0.1) is 0 Å². The molecule has 0 bridgehead atoms. The first-order chi connectivity index (χ1) is 13.2. The highest BCUT2D eigenvalue weighted by atomic mass is 16.5. The van der Waals surface area contributed by atoms with Crippen LogP contribution in [0.2, 0.25) is 0 Å². The van der Waals surface area contributed by atoms with Crippen molar-refractivity contribution < 1.29 is 19.1 Å². The standard InChI is InChI=1S/C24H32O4/c1-7-10-22(25)27-20(9-3)15-12-18(4)24(5,6)19-13-16-21(17-14-19)28-23(26)11-8-2/h9,12-17H,4,7-8,10-11H2,1-3,5-6H3/b15-12-,20-9+. The molecule has 0 N–H and O–H groups in total. The summed E-state index contributed by atoms with van der Waals surface area (Å²) in [6, 6.07) is 7.47. The maximum atomic E-state index is 11.7. The molecule has 0 atom stereocenters. The summed E-state index contributed by atoms with van der Waals surface area (Å²) in [7, 11) is 0. The predicted octanol–water partition coefficient (Wildman–Crippen LogP) is 6.03. The minimum absolute atomic E-state index is 0.224. The number of carbonyl (C=O) groups excluding carboxylic acids is 2. The number of esters is 2. The number of rotatable bonds is 10. The molecule has 0 aliphatic rings. The number of carbonyl (C=O) groups is 2. The lowest BCUT2D eigenvalue weighted by molar-refractivity contribution is -0.139. The average molecular weight is 385 g/mol. The third-order valence-electron chi connectivity index (χ3n) is 4.48.